The first-order valence-corrected chi connectivity index (χ1v) is 6.15. The molecule has 0 radical (unpaired) electrons. The van der Waals surface area contributed by atoms with Gasteiger partial charge in [-0.1, -0.05) is 26.2 Å². The fourth-order valence-electron chi connectivity index (χ4n) is 2.46. The van der Waals surface area contributed by atoms with Crippen LogP contribution in [0.1, 0.15) is 52.4 Å². The van der Waals surface area contributed by atoms with Gasteiger partial charge in [-0.2, -0.15) is 0 Å². The van der Waals surface area contributed by atoms with Gasteiger partial charge >= 0.3 is 0 Å². The van der Waals surface area contributed by atoms with Crippen LogP contribution in [-0.4, -0.2) is 18.5 Å². The van der Waals surface area contributed by atoms with Crippen LogP contribution in [0.2, 0.25) is 0 Å². The fourth-order valence-corrected chi connectivity index (χ4v) is 2.46. The average molecular weight is 212 g/mol. The Kier molecular flexibility index (Phi) is 4.58. The van der Waals surface area contributed by atoms with Gasteiger partial charge in [-0.25, -0.2) is 0 Å². The molecule has 3 heteroatoms. The van der Waals surface area contributed by atoms with Crippen molar-refractivity contribution in [2.24, 2.45) is 11.1 Å². The van der Waals surface area contributed by atoms with E-state index in [1.807, 2.05) is 0 Å². The van der Waals surface area contributed by atoms with E-state index in [-0.39, 0.29) is 17.4 Å². The second-order valence-corrected chi connectivity index (χ2v) is 4.85. The van der Waals surface area contributed by atoms with Gasteiger partial charge in [0, 0.05) is 12.6 Å². The van der Waals surface area contributed by atoms with Crippen LogP contribution in [0.5, 0.6) is 0 Å². The van der Waals surface area contributed by atoms with Gasteiger partial charge in [-0.15, -0.1) is 0 Å². The molecular formula is C12H24N2O. The van der Waals surface area contributed by atoms with E-state index in [4.69, 9.17) is 5.73 Å². The minimum absolute atomic E-state index is 0.184. The van der Waals surface area contributed by atoms with Crippen molar-refractivity contribution in [2.75, 3.05) is 6.54 Å². The molecule has 1 aliphatic carbocycles. The molecule has 1 fully saturated rings. The lowest BCUT2D eigenvalue weighted by atomic mass is 9.85. The Balaban J connectivity index is 2.50. The third kappa shape index (κ3) is 2.94. The van der Waals surface area contributed by atoms with Crippen LogP contribution >= 0.6 is 0 Å². The van der Waals surface area contributed by atoms with E-state index >= 15 is 0 Å². The Bertz CT molecular complexity index is 210. The molecule has 0 aromatic heterocycles. The van der Waals surface area contributed by atoms with Crippen LogP contribution in [0, 0.1) is 5.41 Å². The summed E-state index contributed by atoms with van der Waals surface area (Å²) in [5.74, 6) is 0.184. The number of carbonyl (C=O) groups excluding carboxylic acids is 1. The van der Waals surface area contributed by atoms with Gasteiger partial charge < -0.3 is 11.1 Å². The largest absolute Gasteiger partial charge is 0.353 e. The summed E-state index contributed by atoms with van der Waals surface area (Å²) in [5.41, 5.74) is 5.51. The zero-order valence-electron chi connectivity index (χ0n) is 10.0. The minimum Gasteiger partial charge on any atom is -0.353 e. The molecule has 0 aromatic carbocycles. The first kappa shape index (κ1) is 12.5. The number of carbonyl (C=O) groups is 1. The van der Waals surface area contributed by atoms with Gasteiger partial charge in [-0.3, -0.25) is 4.79 Å². The summed E-state index contributed by atoms with van der Waals surface area (Å²) in [6.45, 7) is 4.70. The number of nitrogens with two attached hydrogens (primary N) is 1. The molecule has 0 bridgehead atoms. The van der Waals surface area contributed by atoms with E-state index in [1.165, 1.54) is 0 Å². The summed E-state index contributed by atoms with van der Waals surface area (Å²) in [5, 5.41) is 3.10. The number of rotatable bonds is 5. The molecule has 15 heavy (non-hydrogen) atoms. The maximum atomic E-state index is 12.1. The van der Waals surface area contributed by atoms with Crippen LogP contribution in [0.25, 0.3) is 0 Å². The van der Waals surface area contributed by atoms with E-state index in [2.05, 4.69) is 19.2 Å². The van der Waals surface area contributed by atoms with Crippen molar-refractivity contribution in [1.29, 1.82) is 0 Å². The molecule has 88 valence electrons. The monoisotopic (exact) mass is 212 g/mol. The number of hydrogen-bond donors (Lipinski definition) is 2. The maximum Gasteiger partial charge on any atom is 0.227 e. The second-order valence-electron chi connectivity index (χ2n) is 4.85. The molecule has 3 N–H and O–H groups in total. The summed E-state index contributed by atoms with van der Waals surface area (Å²) >= 11 is 0. The van der Waals surface area contributed by atoms with E-state index in [1.54, 1.807) is 0 Å². The van der Waals surface area contributed by atoms with Crippen LogP contribution in [0.15, 0.2) is 0 Å². The quantitative estimate of drug-likeness (QED) is 0.730. The van der Waals surface area contributed by atoms with Gasteiger partial charge in [0.25, 0.3) is 0 Å². The number of nitrogens with one attached hydrogen (secondary N) is 1. The lowest BCUT2D eigenvalue weighted by Gasteiger charge is -2.27. The average Bonchev–Trinajstić information content (AvgIpc) is 2.67. The van der Waals surface area contributed by atoms with Crippen LogP contribution in [0.4, 0.5) is 0 Å². The molecule has 1 unspecified atom stereocenters. The van der Waals surface area contributed by atoms with Crippen molar-refractivity contribution in [3.05, 3.63) is 0 Å². The highest BCUT2D eigenvalue weighted by atomic mass is 16.2. The molecule has 1 amide bonds. The molecule has 0 saturated heterocycles. The first-order chi connectivity index (χ1) is 7.14. The standard InChI is InChI=1S/C12H24N2O/c1-3-6-10(2)14-11(15)12(9-13)7-4-5-8-12/h10H,3-9,13H2,1-2H3,(H,14,15). The molecule has 0 heterocycles. The second kappa shape index (κ2) is 5.50. The lowest BCUT2D eigenvalue weighted by molar-refractivity contribution is -0.131. The minimum atomic E-state index is -0.248. The predicted octanol–water partition coefficient (Wildman–Crippen LogP) is 1.81. The SMILES string of the molecule is CCCC(C)NC(=O)C1(CN)CCCC1. The molecule has 3 nitrogen and oxygen atoms in total. The maximum absolute atomic E-state index is 12.1. The summed E-state index contributed by atoms with van der Waals surface area (Å²) in [4.78, 5) is 12.1. The molecule has 0 aliphatic heterocycles. The smallest absolute Gasteiger partial charge is 0.227 e. The van der Waals surface area contributed by atoms with Crippen molar-refractivity contribution < 1.29 is 4.79 Å². The Morgan fingerprint density at radius 1 is 1.47 bits per heavy atom. The molecular weight excluding hydrogens is 188 g/mol. The number of amides is 1. The summed E-state index contributed by atoms with van der Waals surface area (Å²) in [6.07, 6.45) is 6.38. The van der Waals surface area contributed by atoms with Gasteiger partial charge in [0.05, 0.1) is 5.41 Å². The molecule has 0 aromatic rings. The third-order valence-electron chi connectivity index (χ3n) is 3.53. The Morgan fingerprint density at radius 2 is 2.07 bits per heavy atom. The fraction of sp³-hybridized carbons (Fsp3) is 0.917. The Hall–Kier alpha value is -0.570. The van der Waals surface area contributed by atoms with Gasteiger partial charge in [-0.05, 0) is 26.2 Å². The van der Waals surface area contributed by atoms with Crippen LogP contribution in [0.3, 0.4) is 0 Å². The Labute approximate surface area is 92.8 Å². The summed E-state index contributed by atoms with van der Waals surface area (Å²) < 4.78 is 0. The van der Waals surface area contributed by atoms with Crippen LogP contribution in [-0.2, 0) is 4.79 Å². The zero-order chi connectivity index (χ0) is 11.3. The summed E-state index contributed by atoms with van der Waals surface area (Å²) in [6, 6.07) is 0.284. The van der Waals surface area contributed by atoms with E-state index in [9.17, 15) is 4.79 Å². The lowest BCUT2D eigenvalue weighted by Crippen LogP contribution is -2.47. The first-order valence-electron chi connectivity index (χ1n) is 6.15. The van der Waals surface area contributed by atoms with Crippen molar-refractivity contribution in [3.8, 4) is 0 Å². The molecule has 1 atom stereocenters. The molecule has 1 saturated carbocycles. The predicted molar refractivity (Wildman–Crippen MR) is 62.5 cm³/mol. The van der Waals surface area contributed by atoms with E-state index in [0.717, 1.165) is 38.5 Å². The zero-order valence-corrected chi connectivity index (χ0v) is 10.0. The number of hydrogen-bond acceptors (Lipinski definition) is 2. The van der Waals surface area contributed by atoms with E-state index < -0.39 is 0 Å². The van der Waals surface area contributed by atoms with Crippen molar-refractivity contribution in [2.45, 2.75) is 58.4 Å². The highest BCUT2D eigenvalue weighted by molar-refractivity contribution is 5.83. The highest BCUT2D eigenvalue weighted by Gasteiger charge is 2.39. The van der Waals surface area contributed by atoms with Gasteiger partial charge in [0.1, 0.15) is 0 Å². The molecule has 1 aliphatic rings. The van der Waals surface area contributed by atoms with Crippen molar-refractivity contribution in [1.82, 2.24) is 5.32 Å². The van der Waals surface area contributed by atoms with Gasteiger partial charge in [0.2, 0.25) is 5.91 Å². The molecule has 0 spiro atoms. The van der Waals surface area contributed by atoms with Crippen molar-refractivity contribution >= 4 is 5.91 Å². The van der Waals surface area contributed by atoms with Crippen molar-refractivity contribution in [3.63, 3.8) is 0 Å². The third-order valence-corrected chi connectivity index (χ3v) is 3.53. The van der Waals surface area contributed by atoms with Crippen LogP contribution < -0.4 is 11.1 Å². The topological polar surface area (TPSA) is 55.1 Å². The normalized spacial score (nSPS) is 21.3. The summed E-state index contributed by atoms with van der Waals surface area (Å²) in [7, 11) is 0. The highest BCUT2D eigenvalue weighted by Crippen LogP contribution is 2.37. The molecule has 1 rings (SSSR count). The van der Waals surface area contributed by atoms with E-state index in [0.29, 0.717) is 6.54 Å². The van der Waals surface area contributed by atoms with Gasteiger partial charge in [0.15, 0.2) is 0 Å². The Morgan fingerprint density at radius 3 is 2.53 bits per heavy atom.